The molecule has 0 fully saturated rings. The van der Waals surface area contributed by atoms with Crippen molar-refractivity contribution in [2.45, 2.75) is 0 Å². The Balaban J connectivity index is 0.000000640. The Bertz CT molecular complexity index is 174. The minimum atomic E-state index is 0. The van der Waals surface area contributed by atoms with Gasteiger partial charge in [0.2, 0.25) is 0 Å². The second kappa shape index (κ2) is 4.77. The van der Waals surface area contributed by atoms with Gasteiger partial charge in [0, 0.05) is 32.7 Å². The van der Waals surface area contributed by atoms with Gasteiger partial charge in [-0.05, 0) is 6.20 Å². The zero-order valence-electron chi connectivity index (χ0n) is 4.78. The summed E-state index contributed by atoms with van der Waals surface area (Å²) in [5, 5.41) is 7.08. The molecule has 1 aromatic heterocycles. The molecule has 0 bridgehead atoms. The Morgan fingerprint density at radius 2 is 2.33 bits per heavy atom. The van der Waals surface area contributed by atoms with Crippen molar-refractivity contribution in [2.24, 2.45) is 0 Å². The Morgan fingerprint density at radius 3 is 2.67 bits per heavy atom. The molecular formula is C6H4N2Y-2. The van der Waals surface area contributed by atoms with E-state index in [1.54, 1.807) is 6.20 Å². The van der Waals surface area contributed by atoms with Gasteiger partial charge in [0.15, 0.2) is 0 Å². The topological polar surface area (TPSA) is 25.8 Å². The Hall–Kier alpha value is -0.0761. The van der Waals surface area contributed by atoms with Crippen LogP contribution in [0.1, 0.15) is 5.56 Å². The third-order valence-corrected chi connectivity index (χ3v) is 0.732. The number of aromatic nitrogens is 2. The molecule has 43 valence electrons. The maximum absolute atomic E-state index is 5.13. The van der Waals surface area contributed by atoms with E-state index in [-0.39, 0.29) is 32.7 Å². The zero-order valence-corrected chi connectivity index (χ0v) is 7.62. The van der Waals surface area contributed by atoms with Gasteiger partial charge in [0.05, 0.1) is 0 Å². The summed E-state index contributed by atoms with van der Waals surface area (Å²) >= 11 is 0. The number of hydrogen-bond acceptors (Lipinski definition) is 2. The summed E-state index contributed by atoms with van der Waals surface area (Å²) in [6.07, 6.45) is 4.44. The predicted octanol–water partition coefficient (Wildman–Crippen LogP) is 0.720. The quantitative estimate of drug-likeness (QED) is 0.614. The van der Waals surface area contributed by atoms with Crippen molar-refractivity contribution < 1.29 is 32.7 Å². The Morgan fingerprint density at radius 1 is 1.56 bits per heavy atom. The van der Waals surface area contributed by atoms with Crippen molar-refractivity contribution in [1.29, 1.82) is 0 Å². The van der Waals surface area contributed by atoms with Crippen LogP contribution >= 0.6 is 0 Å². The third kappa shape index (κ3) is 2.82. The van der Waals surface area contributed by atoms with Gasteiger partial charge in [-0.2, -0.15) is 5.10 Å². The normalized spacial score (nSPS) is 7.56. The molecule has 0 aliphatic heterocycles. The van der Waals surface area contributed by atoms with Crippen LogP contribution in [-0.4, -0.2) is 10.2 Å². The van der Waals surface area contributed by atoms with Crippen LogP contribution in [0.5, 0.6) is 0 Å². The van der Waals surface area contributed by atoms with Crippen molar-refractivity contribution >= 4 is 6.08 Å². The molecular weight excluding hydrogens is 189 g/mol. The first-order valence-electron chi connectivity index (χ1n) is 2.17. The first kappa shape index (κ1) is 8.92. The van der Waals surface area contributed by atoms with Gasteiger partial charge in [0.25, 0.3) is 0 Å². The van der Waals surface area contributed by atoms with Crippen LogP contribution in [0.3, 0.4) is 0 Å². The minimum Gasteiger partial charge on any atom is -0.361 e. The average Bonchev–Trinajstić information content (AvgIpc) is 1.90. The SMILES string of the molecule is [CH-]=Cc1[c-]cnnc1.[Y]. The summed E-state index contributed by atoms with van der Waals surface area (Å²) in [5.41, 5.74) is 0.764. The third-order valence-electron chi connectivity index (χ3n) is 0.732. The van der Waals surface area contributed by atoms with Crippen LogP contribution in [0.25, 0.3) is 6.08 Å². The first-order chi connectivity index (χ1) is 3.93. The van der Waals surface area contributed by atoms with Crippen LogP contribution in [0.15, 0.2) is 12.4 Å². The molecule has 0 saturated carbocycles. The van der Waals surface area contributed by atoms with Gasteiger partial charge < -0.3 is 18.2 Å². The van der Waals surface area contributed by atoms with Crippen molar-refractivity contribution in [2.75, 3.05) is 0 Å². The Kier molecular flexibility index (Phi) is 4.73. The van der Waals surface area contributed by atoms with E-state index in [0.29, 0.717) is 0 Å². The van der Waals surface area contributed by atoms with E-state index in [1.807, 2.05) is 0 Å². The molecule has 0 saturated heterocycles. The van der Waals surface area contributed by atoms with Gasteiger partial charge in [-0.1, -0.05) is 0 Å². The van der Waals surface area contributed by atoms with Crippen molar-refractivity contribution in [3.63, 3.8) is 0 Å². The zero-order chi connectivity index (χ0) is 5.82. The summed E-state index contributed by atoms with van der Waals surface area (Å²) in [4.78, 5) is 0. The molecule has 0 unspecified atom stereocenters. The molecule has 1 radical (unpaired) electrons. The van der Waals surface area contributed by atoms with Crippen LogP contribution in [-0.2, 0) is 32.7 Å². The van der Waals surface area contributed by atoms with Crippen LogP contribution in [0.2, 0.25) is 0 Å². The summed E-state index contributed by atoms with van der Waals surface area (Å²) in [6, 6.07) is 2.76. The van der Waals surface area contributed by atoms with Gasteiger partial charge >= 0.3 is 0 Å². The Labute approximate surface area is 79.3 Å². The molecule has 0 N–H and O–H groups in total. The fraction of sp³-hybridized carbons (Fsp3) is 0. The molecule has 0 aliphatic carbocycles. The van der Waals surface area contributed by atoms with Crippen molar-refractivity contribution in [3.8, 4) is 0 Å². The molecule has 3 heteroatoms. The molecule has 0 aromatic carbocycles. The number of rotatable bonds is 1. The van der Waals surface area contributed by atoms with Crippen molar-refractivity contribution in [3.05, 3.63) is 30.6 Å². The van der Waals surface area contributed by atoms with E-state index in [4.69, 9.17) is 6.58 Å². The van der Waals surface area contributed by atoms with Crippen LogP contribution in [0, 0.1) is 12.6 Å². The largest absolute Gasteiger partial charge is 0.361 e. The maximum Gasteiger partial charge on any atom is 0 e. The summed E-state index contributed by atoms with van der Waals surface area (Å²) in [7, 11) is 0. The molecule has 0 amide bonds. The van der Waals surface area contributed by atoms with E-state index >= 15 is 0 Å². The second-order valence-electron chi connectivity index (χ2n) is 1.26. The fourth-order valence-corrected chi connectivity index (χ4v) is 0.361. The van der Waals surface area contributed by atoms with E-state index in [0.717, 1.165) is 5.56 Å². The molecule has 9 heavy (non-hydrogen) atoms. The summed E-state index contributed by atoms with van der Waals surface area (Å²) in [6.45, 7) is 5.13. The minimum absolute atomic E-state index is 0. The first-order valence-corrected chi connectivity index (χ1v) is 2.17. The van der Waals surface area contributed by atoms with E-state index in [1.165, 1.54) is 12.3 Å². The van der Waals surface area contributed by atoms with E-state index in [2.05, 4.69) is 16.3 Å². The summed E-state index contributed by atoms with van der Waals surface area (Å²) in [5.74, 6) is 0. The molecule has 0 spiro atoms. The summed E-state index contributed by atoms with van der Waals surface area (Å²) < 4.78 is 0. The predicted molar refractivity (Wildman–Crippen MR) is 29.6 cm³/mol. The molecule has 1 aromatic rings. The van der Waals surface area contributed by atoms with Crippen LogP contribution < -0.4 is 0 Å². The van der Waals surface area contributed by atoms with Gasteiger partial charge in [-0.25, -0.2) is 5.10 Å². The standard InChI is InChI=1S/C6H4N2.Y/c1-2-6-3-4-7-8-5-6;/h1-2,4-5H;/q-2;. The van der Waals surface area contributed by atoms with Gasteiger partial charge in [-0.15, -0.1) is 6.20 Å². The van der Waals surface area contributed by atoms with Gasteiger partial charge in [0.1, 0.15) is 0 Å². The van der Waals surface area contributed by atoms with Crippen molar-refractivity contribution in [1.82, 2.24) is 10.2 Å². The fourth-order valence-electron chi connectivity index (χ4n) is 0.361. The van der Waals surface area contributed by atoms with E-state index in [9.17, 15) is 0 Å². The smallest absolute Gasteiger partial charge is 0 e. The number of hydrogen-bond donors (Lipinski definition) is 0. The number of nitrogens with zero attached hydrogens (tertiary/aromatic N) is 2. The molecule has 0 aliphatic rings. The van der Waals surface area contributed by atoms with Gasteiger partial charge in [-0.3, -0.25) is 6.07 Å². The monoisotopic (exact) mass is 193 g/mol. The average molecular weight is 193 g/mol. The molecule has 0 atom stereocenters. The molecule has 1 rings (SSSR count). The molecule has 1 heterocycles. The van der Waals surface area contributed by atoms with E-state index < -0.39 is 0 Å². The molecule has 2 nitrogen and oxygen atoms in total. The van der Waals surface area contributed by atoms with Crippen LogP contribution in [0.4, 0.5) is 0 Å². The maximum atomic E-state index is 5.13. The second-order valence-corrected chi connectivity index (χ2v) is 1.26.